The molecule has 258 valence electrons. The molecule has 0 radical (unpaired) electrons. The molecule has 0 fully saturated rings. The van der Waals surface area contributed by atoms with Crippen LogP contribution in [0.5, 0.6) is 0 Å². The average molecular weight is 617 g/mol. The summed E-state index contributed by atoms with van der Waals surface area (Å²) in [5.41, 5.74) is 0. The van der Waals surface area contributed by atoms with Gasteiger partial charge >= 0.3 is 5.97 Å². The van der Waals surface area contributed by atoms with E-state index in [2.05, 4.69) is 13.8 Å². The maximum absolute atomic E-state index is 11.8. The molecule has 7 heteroatoms. The largest absolute Gasteiger partial charge is 0.463 e. The quantitative estimate of drug-likeness (QED) is 0.0506. The molecule has 0 saturated carbocycles. The first kappa shape index (κ1) is 42.3. The summed E-state index contributed by atoms with van der Waals surface area (Å²) in [5.74, 6) is -0.115. The molecule has 0 heterocycles. The Hall–Kier alpha value is -0.730. The fourth-order valence-corrected chi connectivity index (χ4v) is 4.89. The molecule has 0 saturated heterocycles. The molecule has 0 unspecified atom stereocenters. The van der Waals surface area contributed by atoms with Crippen LogP contribution in [0.4, 0.5) is 0 Å². The third kappa shape index (κ3) is 39.2. The van der Waals surface area contributed by atoms with Crippen LogP contribution in [0.3, 0.4) is 0 Å². The Bertz CT molecular complexity index is 518. The number of unbranched alkanes of at least 4 members (excludes halogenated alkanes) is 19. The van der Waals surface area contributed by atoms with Gasteiger partial charge < -0.3 is 28.4 Å². The Morgan fingerprint density at radius 2 is 0.605 bits per heavy atom. The van der Waals surface area contributed by atoms with Crippen LogP contribution in [0.25, 0.3) is 0 Å². The summed E-state index contributed by atoms with van der Waals surface area (Å²) in [6, 6.07) is 0. The van der Waals surface area contributed by atoms with Gasteiger partial charge in [-0.3, -0.25) is 4.79 Å². The minimum atomic E-state index is -0.115. The van der Waals surface area contributed by atoms with Crippen molar-refractivity contribution in [1.82, 2.24) is 0 Å². The van der Waals surface area contributed by atoms with Crippen LogP contribution in [-0.2, 0) is 33.2 Å². The molecule has 0 spiro atoms. The lowest BCUT2D eigenvalue weighted by Crippen LogP contribution is -2.15. The van der Waals surface area contributed by atoms with Crippen LogP contribution in [-0.4, -0.2) is 78.6 Å². The van der Waals surface area contributed by atoms with E-state index in [1.807, 2.05) is 0 Å². The minimum absolute atomic E-state index is 0.115. The van der Waals surface area contributed by atoms with E-state index >= 15 is 0 Å². The van der Waals surface area contributed by atoms with Crippen molar-refractivity contribution in [2.75, 3.05) is 72.7 Å². The second-order valence-corrected chi connectivity index (χ2v) is 11.7. The van der Waals surface area contributed by atoms with E-state index < -0.39 is 0 Å². The SMILES string of the molecule is CCCCCCCCCCCCCCCC(=O)OCCOCCOCCOCCOCCOCCCCCCCCCC. The lowest BCUT2D eigenvalue weighted by atomic mass is 10.0. The number of rotatable bonds is 38. The highest BCUT2D eigenvalue weighted by Gasteiger charge is 2.03. The standard InChI is InChI=1S/C36H72O7/c1-3-5-7-9-11-13-14-15-16-17-18-20-22-24-36(37)43-35-34-42-33-32-41-31-30-40-29-28-39-27-26-38-25-23-21-19-12-10-8-6-4-2/h3-35H2,1-2H3. The molecule has 7 nitrogen and oxygen atoms in total. The summed E-state index contributed by atoms with van der Waals surface area (Å²) in [6.07, 6.45) is 28.0. The lowest BCUT2D eigenvalue weighted by Gasteiger charge is -2.08. The molecular formula is C36H72O7. The Balaban J connectivity index is 3.13. The molecule has 43 heavy (non-hydrogen) atoms. The van der Waals surface area contributed by atoms with Crippen LogP contribution >= 0.6 is 0 Å². The topological polar surface area (TPSA) is 72.5 Å². The molecule has 0 N–H and O–H groups in total. The highest BCUT2D eigenvalue weighted by atomic mass is 16.6. The van der Waals surface area contributed by atoms with Crippen molar-refractivity contribution in [2.24, 2.45) is 0 Å². The van der Waals surface area contributed by atoms with Crippen molar-refractivity contribution in [3.05, 3.63) is 0 Å². The molecule has 0 aromatic heterocycles. The Kier molecular flexibility index (Phi) is 38.6. The zero-order chi connectivity index (χ0) is 31.2. The van der Waals surface area contributed by atoms with E-state index in [1.165, 1.54) is 116 Å². The van der Waals surface area contributed by atoms with Gasteiger partial charge in [-0.2, -0.15) is 0 Å². The maximum atomic E-state index is 11.8. The monoisotopic (exact) mass is 617 g/mol. The van der Waals surface area contributed by atoms with E-state index in [0.29, 0.717) is 72.5 Å². The molecular weight excluding hydrogens is 544 g/mol. The molecule has 0 aromatic rings. The molecule has 0 aromatic carbocycles. The first-order chi connectivity index (χ1) is 21.3. The Morgan fingerprint density at radius 1 is 0.326 bits per heavy atom. The molecule has 0 rings (SSSR count). The molecule has 0 aliphatic heterocycles. The predicted molar refractivity (Wildman–Crippen MR) is 178 cm³/mol. The highest BCUT2D eigenvalue weighted by Crippen LogP contribution is 2.13. The van der Waals surface area contributed by atoms with Crippen molar-refractivity contribution in [2.45, 2.75) is 155 Å². The summed E-state index contributed by atoms with van der Waals surface area (Å²) in [6.45, 7) is 10.5. The van der Waals surface area contributed by atoms with Crippen LogP contribution in [0, 0.1) is 0 Å². The molecule has 0 aliphatic rings. The average Bonchev–Trinajstić information content (AvgIpc) is 3.01. The summed E-state index contributed by atoms with van der Waals surface area (Å²) in [5, 5.41) is 0. The number of esters is 1. The van der Waals surface area contributed by atoms with E-state index in [4.69, 9.17) is 28.4 Å². The number of ether oxygens (including phenoxy) is 6. The maximum Gasteiger partial charge on any atom is 0.305 e. The van der Waals surface area contributed by atoms with Gasteiger partial charge in [0.15, 0.2) is 0 Å². The Labute approximate surface area is 266 Å². The zero-order valence-corrected chi connectivity index (χ0v) is 28.7. The second-order valence-electron chi connectivity index (χ2n) is 11.7. The highest BCUT2D eigenvalue weighted by molar-refractivity contribution is 5.69. The van der Waals surface area contributed by atoms with Crippen molar-refractivity contribution in [1.29, 1.82) is 0 Å². The number of hydrogen-bond donors (Lipinski definition) is 0. The Morgan fingerprint density at radius 3 is 0.977 bits per heavy atom. The summed E-state index contributed by atoms with van der Waals surface area (Å²) in [7, 11) is 0. The summed E-state index contributed by atoms with van der Waals surface area (Å²) >= 11 is 0. The normalized spacial score (nSPS) is 11.4. The molecule has 0 aliphatic carbocycles. The van der Waals surface area contributed by atoms with Crippen LogP contribution in [0.15, 0.2) is 0 Å². The van der Waals surface area contributed by atoms with Gasteiger partial charge in [0.25, 0.3) is 0 Å². The van der Waals surface area contributed by atoms with Gasteiger partial charge in [0.05, 0.1) is 59.5 Å². The molecule has 0 atom stereocenters. The fourth-order valence-electron chi connectivity index (χ4n) is 4.89. The lowest BCUT2D eigenvalue weighted by molar-refractivity contribution is -0.145. The zero-order valence-electron chi connectivity index (χ0n) is 28.7. The summed E-state index contributed by atoms with van der Waals surface area (Å²) < 4.78 is 32.9. The number of hydrogen-bond acceptors (Lipinski definition) is 7. The van der Waals surface area contributed by atoms with E-state index in [9.17, 15) is 4.79 Å². The number of carbonyl (C=O) groups excluding carboxylic acids is 1. The second kappa shape index (κ2) is 39.3. The number of carbonyl (C=O) groups is 1. The molecule has 0 amide bonds. The first-order valence-corrected chi connectivity index (χ1v) is 18.4. The third-order valence-corrected chi connectivity index (χ3v) is 7.61. The van der Waals surface area contributed by atoms with Crippen LogP contribution in [0.2, 0.25) is 0 Å². The van der Waals surface area contributed by atoms with Gasteiger partial charge in [0.1, 0.15) is 6.61 Å². The van der Waals surface area contributed by atoms with Gasteiger partial charge in [0.2, 0.25) is 0 Å². The van der Waals surface area contributed by atoms with E-state index in [1.54, 1.807) is 0 Å². The van der Waals surface area contributed by atoms with Crippen molar-refractivity contribution >= 4 is 5.97 Å². The van der Waals surface area contributed by atoms with Crippen molar-refractivity contribution in [3.63, 3.8) is 0 Å². The van der Waals surface area contributed by atoms with Gasteiger partial charge in [-0.15, -0.1) is 0 Å². The van der Waals surface area contributed by atoms with E-state index in [0.717, 1.165) is 25.9 Å². The smallest absolute Gasteiger partial charge is 0.305 e. The summed E-state index contributed by atoms with van der Waals surface area (Å²) in [4.78, 5) is 11.8. The van der Waals surface area contributed by atoms with Gasteiger partial charge in [-0.1, -0.05) is 136 Å². The van der Waals surface area contributed by atoms with Gasteiger partial charge in [-0.05, 0) is 12.8 Å². The van der Waals surface area contributed by atoms with Crippen molar-refractivity contribution < 1.29 is 33.2 Å². The third-order valence-electron chi connectivity index (χ3n) is 7.61. The molecule has 0 bridgehead atoms. The fraction of sp³-hybridized carbons (Fsp3) is 0.972. The van der Waals surface area contributed by atoms with Crippen LogP contribution < -0.4 is 0 Å². The van der Waals surface area contributed by atoms with E-state index in [-0.39, 0.29) is 5.97 Å². The minimum Gasteiger partial charge on any atom is -0.463 e. The first-order valence-electron chi connectivity index (χ1n) is 18.4. The van der Waals surface area contributed by atoms with Crippen molar-refractivity contribution in [3.8, 4) is 0 Å². The van der Waals surface area contributed by atoms with Crippen LogP contribution in [0.1, 0.15) is 155 Å². The van der Waals surface area contributed by atoms with Gasteiger partial charge in [0, 0.05) is 13.0 Å². The van der Waals surface area contributed by atoms with Gasteiger partial charge in [-0.25, -0.2) is 0 Å². The predicted octanol–water partition coefficient (Wildman–Crippen LogP) is 9.23.